The molecule has 5 N–H and O–H groups in total. The maximum atomic E-state index is 11.1. The van der Waals surface area contributed by atoms with E-state index in [1.54, 1.807) is 0 Å². The Morgan fingerprint density at radius 3 is 2.43 bits per heavy atom. The van der Waals surface area contributed by atoms with E-state index in [2.05, 4.69) is 0 Å². The van der Waals surface area contributed by atoms with Crippen LogP contribution in [-0.2, 0) is 4.74 Å². The Hall–Kier alpha value is -1.71. The lowest BCUT2D eigenvalue weighted by Crippen LogP contribution is -2.60. The summed E-state index contributed by atoms with van der Waals surface area (Å²) in [6, 6.07) is 5.71. The van der Waals surface area contributed by atoms with Gasteiger partial charge in [-0.05, 0) is 12.1 Å². The van der Waals surface area contributed by atoms with Crippen LogP contribution in [0, 0.1) is 0 Å². The molecule has 116 valence electrons. The number of rotatable bonds is 4. The molecule has 0 unspecified atom stereocenters. The van der Waals surface area contributed by atoms with Gasteiger partial charge in [0.15, 0.2) is 0 Å². The molecule has 1 heterocycles. The smallest absolute Gasteiger partial charge is 0.339 e. The van der Waals surface area contributed by atoms with E-state index < -0.39 is 43.3 Å². The van der Waals surface area contributed by atoms with Crippen LogP contribution in [0.5, 0.6) is 5.75 Å². The van der Waals surface area contributed by atoms with Gasteiger partial charge >= 0.3 is 5.97 Å². The van der Waals surface area contributed by atoms with Gasteiger partial charge in [0.1, 0.15) is 35.7 Å². The van der Waals surface area contributed by atoms with E-state index in [1.165, 1.54) is 24.3 Å². The maximum absolute atomic E-state index is 11.1. The number of aromatic carboxylic acids is 1. The van der Waals surface area contributed by atoms with Gasteiger partial charge in [0.25, 0.3) is 0 Å². The highest BCUT2D eigenvalue weighted by Crippen LogP contribution is 2.26. The van der Waals surface area contributed by atoms with Crippen LogP contribution in [0.4, 0.5) is 0 Å². The SMILES string of the molecule is O=C(O)c1ccccc1O[C@H]1O[C@H](CO)[C@@H](O)[C@H](O)[C@H]1O. The third kappa shape index (κ3) is 3.14. The minimum atomic E-state index is -1.59. The van der Waals surface area contributed by atoms with Crippen LogP contribution >= 0.6 is 0 Å². The van der Waals surface area contributed by atoms with E-state index in [9.17, 15) is 20.1 Å². The van der Waals surface area contributed by atoms with Crippen molar-refractivity contribution in [1.82, 2.24) is 0 Å². The Labute approximate surface area is 119 Å². The quantitative estimate of drug-likeness (QED) is 0.456. The molecule has 0 amide bonds. The zero-order chi connectivity index (χ0) is 15.6. The molecule has 0 spiro atoms. The Morgan fingerprint density at radius 1 is 1.14 bits per heavy atom. The molecule has 1 aliphatic heterocycles. The topological polar surface area (TPSA) is 137 Å². The Morgan fingerprint density at radius 2 is 1.81 bits per heavy atom. The van der Waals surface area contributed by atoms with Crippen molar-refractivity contribution in [2.75, 3.05) is 6.61 Å². The average Bonchev–Trinajstić information content (AvgIpc) is 2.48. The maximum Gasteiger partial charge on any atom is 0.339 e. The molecule has 8 heteroatoms. The first-order valence-electron chi connectivity index (χ1n) is 6.25. The Kier molecular flexibility index (Phi) is 4.76. The van der Waals surface area contributed by atoms with Crippen molar-refractivity contribution in [2.45, 2.75) is 30.7 Å². The van der Waals surface area contributed by atoms with Crippen LogP contribution in [-0.4, -0.2) is 68.8 Å². The number of aliphatic hydroxyl groups excluding tert-OH is 4. The van der Waals surface area contributed by atoms with E-state index in [1.807, 2.05) is 0 Å². The van der Waals surface area contributed by atoms with Gasteiger partial charge < -0.3 is 35.0 Å². The number of hydrogen-bond acceptors (Lipinski definition) is 7. The van der Waals surface area contributed by atoms with Crippen molar-refractivity contribution < 1.29 is 39.8 Å². The molecule has 1 fully saturated rings. The molecule has 0 aromatic heterocycles. The highest BCUT2D eigenvalue weighted by Gasteiger charge is 2.44. The molecular weight excluding hydrogens is 284 g/mol. The second-order valence-corrected chi connectivity index (χ2v) is 4.62. The molecule has 1 saturated heterocycles. The number of carboxylic acids is 1. The van der Waals surface area contributed by atoms with Crippen LogP contribution in [0.1, 0.15) is 10.4 Å². The van der Waals surface area contributed by atoms with E-state index >= 15 is 0 Å². The summed E-state index contributed by atoms with van der Waals surface area (Å²) >= 11 is 0. The molecule has 5 atom stereocenters. The normalized spacial score (nSPS) is 32.7. The van der Waals surface area contributed by atoms with Gasteiger partial charge in [0, 0.05) is 0 Å². The second kappa shape index (κ2) is 6.37. The van der Waals surface area contributed by atoms with E-state index in [4.69, 9.17) is 19.7 Å². The molecule has 8 nitrogen and oxygen atoms in total. The lowest BCUT2D eigenvalue weighted by atomic mass is 9.99. The van der Waals surface area contributed by atoms with E-state index in [-0.39, 0.29) is 11.3 Å². The van der Waals surface area contributed by atoms with Gasteiger partial charge in [-0.25, -0.2) is 4.79 Å². The number of carboxylic acid groups (broad SMARTS) is 1. The van der Waals surface area contributed by atoms with Gasteiger partial charge in [-0.2, -0.15) is 0 Å². The molecule has 0 radical (unpaired) electrons. The summed E-state index contributed by atoms with van der Waals surface area (Å²) in [6.45, 7) is -0.592. The first kappa shape index (κ1) is 15.7. The molecule has 1 aliphatic rings. The largest absolute Gasteiger partial charge is 0.478 e. The number of para-hydroxylation sites is 1. The second-order valence-electron chi connectivity index (χ2n) is 4.62. The van der Waals surface area contributed by atoms with Crippen molar-refractivity contribution in [3.05, 3.63) is 29.8 Å². The van der Waals surface area contributed by atoms with Gasteiger partial charge in [-0.15, -0.1) is 0 Å². The van der Waals surface area contributed by atoms with Gasteiger partial charge in [-0.3, -0.25) is 0 Å². The fourth-order valence-corrected chi connectivity index (χ4v) is 2.04. The van der Waals surface area contributed by atoms with Crippen molar-refractivity contribution in [2.24, 2.45) is 0 Å². The Bertz CT molecular complexity index is 503. The third-order valence-electron chi connectivity index (χ3n) is 3.21. The predicted molar refractivity (Wildman–Crippen MR) is 67.8 cm³/mol. The zero-order valence-corrected chi connectivity index (χ0v) is 10.9. The fourth-order valence-electron chi connectivity index (χ4n) is 2.04. The van der Waals surface area contributed by atoms with Crippen molar-refractivity contribution >= 4 is 5.97 Å². The third-order valence-corrected chi connectivity index (χ3v) is 3.21. The van der Waals surface area contributed by atoms with E-state index in [0.29, 0.717) is 0 Å². The summed E-state index contributed by atoms with van der Waals surface area (Å²) < 4.78 is 10.4. The summed E-state index contributed by atoms with van der Waals surface area (Å²) in [5, 5.41) is 47.2. The standard InChI is InChI=1S/C13H16O8/c14-5-8-9(15)10(16)11(17)13(21-8)20-7-4-2-1-3-6(7)12(18)19/h1-4,8-11,13-17H,5H2,(H,18,19)/t8-,9-,10+,11-,13+/m1/s1. The molecule has 0 aliphatic carbocycles. The van der Waals surface area contributed by atoms with Gasteiger partial charge in [0.2, 0.25) is 6.29 Å². The number of benzene rings is 1. The summed E-state index contributed by atoms with van der Waals surface area (Å²) in [5.41, 5.74) is -0.144. The number of carbonyl (C=O) groups is 1. The molecule has 1 aromatic carbocycles. The van der Waals surface area contributed by atoms with Crippen LogP contribution in [0.3, 0.4) is 0 Å². The molecular formula is C13H16O8. The summed E-state index contributed by atoms with van der Waals surface area (Å²) in [4.78, 5) is 11.1. The highest BCUT2D eigenvalue weighted by molar-refractivity contribution is 5.90. The zero-order valence-electron chi connectivity index (χ0n) is 10.9. The average molecular weight is 300 g/mol. The molecule has 2 rings (SSSR count). The first-order chi connectivity index (χ1) is 9.95. The van der Waals surface area contributed by atoms with Crippen molar-refractivity contribution in [1.29, 1.82) is 0 Å². The van der Waals surface area contributed by atoms with Crippen LogP contribution in [0.15, 0.2) is 24.3 Å². The monoisotopic (exact) mass is 300 g/mol. The summed E-state index contributed by atoms with van der Waals surface area (Å²) in [7, 11) is 0. The first-order valence-corrected chi connectivity index (χ1v) is 6.25. The molecule has 0 saturated carbocycles. The molecule has 0 bridgehead atoms. The van der Waals surface area contributed by atoms with E-state index in [0.717, 1.165) is 0 Å². The molecule has 21 heavy (non-hydrogen) atoms. The van der Waals surface area contributed by atoms with Crippen LogP contribution in [0.2, 0.25) is 0 Å². The number of ether oxygens (including phenoxy) is 2. The minimum absolute atomic E-state index is 0.0608. The minimum Gasteiger partial charge on any atom is -0.478 e. The summed E-state index contributed by atoms with van der Waals surface area (Å²) in [5.74, 6) is -1.29. The van der Waals surface area contributed by atoms with Crippen molar-refractivity contribution in [3.8, 4) is 5.75 Å². The Balaban J connectivity index is 2.20. The van der Waals surface area contributed by atoms with Gasteiger partial charge in [0.05, 0.1) is 6.61 Å². The lowest BCUT2D eigenvalue weighted by molar-refractivity contribution is -0.277. The van der Waals surface area contributed by atoms with Crippen molar-refractivity contribution in [3.63, 3.8) is 0 Å². The molecule has 1 aromatic rings. The predicted octanol–water partition coefficient (Wildman–Crippen LogP) is -1.44. The van der Waals surface area contributed by atoms with Gasteiger partial charge in [-0.1, -0.05) is 12.1 Å². The number of hydrogen-bond donors (Lipinski definition) is 5. The van der Waals surface area contributed by atoms with Crippen LogP contribution in [0.25, 0.3) is 0 Å². The summed E-state index contributed by atoms with van der Waals surface area (Å²) in [6.07, 6.45) is -7.21. The van der Waals surface area contributed by atoms with Crippen LogP contribution < -0.4 is 4.74 Å². The fraction of sp³-hybridized carbons (Fsp3) is 0.462. The highest BCUT2D eigenvalue weighted by atomic mass is 16.7. The number of aliphatic hydroxyl groups is 4. The lowest BCUT2D eigenvalue weighted by Gasteiger charge is -2.39.